The van der Waals surface area contributed by atoms with E-state index in [1.54, 1.807) is 0 Å². The van der Waals surface area contributed by atoms with Gasteiger partial charge < -0.3 is 14.6 Å². The summed E-state index contributed by atoms with van der Waals surface area (Å²) in [7, 11) is 0. The number of aliphatic hydroxyl groups excluding tert-OH is 1. The molecule has 232 valence electrons. The molecule has 3 aliphatic carbocycles. The molecule has 3 aliphatic rings. The Balaban J connectivity index is 1.27. The van der Waals surface area contributed by atoms with E-state index in [0.717, 1.165) is 38.5 Å². The van der Waals surface area contributed by atoms with Crippen LogP contribution in [0, 0.1) is 47.6 Å². The van der Waals surface area contributed by atoms with Crippen LogP contribution in [0.5, 0.6) is 5.75 Å². The molecular weight excluding hydrogens is 548 g/mol. The summed E-state index contributed by atoms with van der Waals surface area (Å²) < 4.78 is 70.5. The van der Waals surface area contributed by atoms with Crippen LogP contribution in [0.4, 0.5) is 17.6 Å². The topological polar surface area (TPSA) is 55.8 Å². The maximum absolute atomic E-state index is 15.2. The summed E-state index contributed by atoms with van der Waals surface area (Å²) in [5, 5.41) is 10.3. The lowest BCUT2D eigenvalue weighted by Gasteiger charge is -2.37. The van der Waals surface area contributed by atoms with E-state index < -0.39 is 47.2 Å². The number of carbonyl (C=O) groups excluding carboxylic acids is 1. The Morgan fingerprint density at radius 2 is 1.69 bits per heavy atom. The number of allylic oxidation sites excluding steroid dienone is 1. The Hall–Kier alpha value is -2.53. The molecule has 0 saturated heterocycles. The molecule has 4 rings (SSSR count). The molecular formula is C34H44F4O4. The number of unbranched alkanes of at least 4 members (excludes halogenated alkanes) is 1. The van der Waals surface area contributed by atoms with E-state index in [9.17, 15) is 18.7 Å². The molecule has 8 heteroatoms. The predicted octanol–water partition coefficient (Wildman–Crippen LogP) is 8.47. The van der Waals surface area contributed by atoms with Gasteiger partial charge in [-0.3, -0.25) is 4.79 Å². The Kier molecular flexibility index (Phi) is 11.8. The van der Waals surface area contributed by atoms with Crippen molar-refractivity contribution in [2.75, 3.05) is 6.61 Å². The summed E-state index contributed by atoms with van der Waals surface area (Å²) in [5.74, 6) is -2.99. The molecule has 3 atom stereocenters. The highest BCUT2D eigenvalue weighted by Crippen LogP contribution is 2.45. The number of rotatable bonds is 11. The maximum atomic E-state index is 15.2. The monoisotopic (exact) mass is 592 g/mol. The third-order valence-electron chi connectivity index (χ3n) is 9.65. The summed E-state index contributed by atoms with van der Waals surface area (Å²) in [4.78, 5) is 12.9. The number of esters is 1. The molecule has 0 bridgehead atoms. The number of ether oxygens (including phenoxy) is 2. The fourth-order valence-corrected chi connectivity index (χ4v) is 7.14. The van der Waals surface area contributed by atoms with E-state index >= 15 is 8.78 Å². The van der Waals surface area contributed by atoms with Crippen molar-refractivity contribution in [2.45, 2.75) is 115 Å². The minimum atomic E-state index is -1.21. The van der Waals surface area contributed by atoms with Gasteiger partial charge in [-0.25, -0.2) is 13.2 Å². The van der Waals surface area contributed by atoms with Crippen molar-refractivity contribution in [2.24, 2.45) is 23.7 Å². The van der Waals surface area contributed by atoms with Gasteiger partial charge in [0.2, 0.25) is 5.82 Å². The van der Waals surface area contributed by atoms with Crippen molar-refractivity contribution in [3.63, 3.8) is 0 Å². The third kappa shape index (κ3) is 7.70. The number of hydrogen-bond donors (Lipinski definition) is 1. The molecule has 1 N–H and O–H groups in total. The molecule has 1 aromatic rings. The van der Waals surface area contributed by atoms with Gasteiger partial charge >= 0.3 is 5.97 Å². The zero-order valence-electron chi connectivity index (χ0n) is 24.6. The molecule has 0 heterocycles. The van der Waals surface area contributed by atoms with E-state index in [4.69, 9.17) is 15.9 Å². The zero-order chi connectivity index (χ0) is 30.2. The normalized spacial score (nSPS) is 29.1. The molecule has 3 unspecified atom stereocenters. The van der Waals surface area contributed by atoms with E-state index in [2.05, 4.69) is 5.92 Å². The molecule has 4 nitrogen and oxygen atoms in total. The molecule has 0 amide bonds. The quantitative estimate of drug-likeness (QED) is 0.121. The van der Waals surface area contributed by atoms with E-state index in [-0.39, 0.29) is 48.2 Å². The maximum Gasteiger partial charge on any atom is 0.309 e. The predicted molar refractivity (Wildman–Crippen MR) is 153 cm³/mol. The molecule has 2 fully saturated rings. The van der Waals surface area contributed by atoms with Gasteiger partial charge in [-0.05, 0) is 106 Å². The highest BCUT2D eigenvalue weighted by atomic mass is 19.2. The minimum Gasteiger partial charge on any atom is -0.490 e. The van der Waals surface area contributed by atoms with Crippen LogP contribution in [0.1, 0.15) is 108 Å². The van der Waals surface area contributed by atoms with Crippen LogP contribution in [0.25, 0.3) is 0 Å². The first-order chi connectivity index (χ1) is 20.2. The van der Waals surface area contributed by atoms with Crippen LogP contribution in [0.15, 0.2) is 23.8 Å². The average molecular weight is 593 g/mol. The van der Waals surface area contributed by atoms with Gasteiger partial charge in [0.05, 0.1) is 18.6 Å². The number of terminal acetylenes is 1. The lowest BCUT2D eigenvalue weighted by atomic mass is 9.70. The highest BCUT2D eigenvalue weighted by Gasteiger charge is 2.40. The van der Waals surface area contributed by atoms with Crippen LogP contribution in [-0.2, 0) is 9.53 Å². The molecule has 0 spiro atoms. The third-order valence-corrected chi connectivity index (χ3v) is 9.65. The van der Waals surface area contributed by atoms with Gasteiger partial charge in [0.15, 0.2) is 23.5 Å². The second kappa shape index (κ2) is 15.3. The Morgan fingerprint density at radius 1 is 0.976 bits per heavy atom. The standard InChI is InChI=1S/C34H44F4O4/c1-3-5-6-20-41-28-18-16-25(30(35)32(28)37)22-10-14-24(15-11-22)34(40)42-29-19-17-26(31(36)33(29)38)21-8-12-23(13-9-21)27(39)7-4-2/h1,16,18,21-24,26-27,29,39H,4-15,17,19-20H2,2H3. The number of halogens is 4. The van der Waals surface area contributed by atoms with Gasteiger partial charge in [0, 0.05) is 12.3 Å². The second-order valence-electron chi connectivity index (χ2n) is 12.3. The molecule has 0 aromatic heterocycles. The van der Waals surface area contributed by atoms with E-state index in [1.165, 1.54) is 12.1 Å². The van der Waals surface area contributed by atoms with Gasteiger partial charge in [-0.1, -0.05) is 19.4 Å². The number of benzene rings is 1. The van der Waals surface area contributed by atoms with E-state index in [0.29, 0.717) is 44.9 Å². The van der Waals surface area contributed by atoms with Crippen LogP contribution < -0.4 is 4.74 Å². The van der Waals surface area contributed by atoms with Gasteiger partial charge in [-0.15, -0.1) is 12.3 Å². The smallest absolute Gasteiger partial charge is 0.309 e. The summed E-state index contributed by atoms with van der Waals surface area (Å²) >= 11 is 0. The average Bonchev–Trinajstić information content (AvgIpc) is 3.00. The Bertz CT molecular complexity index is 1130. The summed E-state index contributed by atoms with van der Waals surface area (Å²) in [5.41, 5.74) is 0.249. The van der Waals surface area contributed by atoms with Crippen molar-refractivity contribution in [1.82, 2.24) is 0 Å². The van der Waals surface area contributed by atoms with Crippen LogP contribution in [0.3, 0.4) is 0 Å². The molecule has 42 heavy (non-hydrogen) atoms. The first kappa shape index (κ1) is 32.4. The summed E-state index contributed by atoms with van der Waals surface area (Å²) in [6.07, 6.45) is 11.9. The first-order valence-electron chi connectivity index (χ1n) is 15.7. The van der Waals surface area contributed by atoms with Crippen LogP contribution in [0.2, 0.25) is 0 Å². The van der Waals surface area contributed by atoms with Crippen LogP contribution in [-0.4, -0.2) is 29.9 Å². The highest BCUT2D eigenvalue weighted by molar-refractivity contribution is 5.73. The SMILES string of the molecule is C#CCCCOc1ccc(C2CCC(C(=O)OC3CCC(C4CCC(C(O)CCC)CC4)C(F)=C3F)CC2)c(F)c1F. The largest absolute Gasteiger partial charge is 0.490 e. The fourth-order valence-electron chi connectivity index (χ4n) is 7.14. The zero-order valence-corrected chi connectivity index (χ0v) is 24.6. The van der Waals surface area contributed by atoms with Crippen molar-refractivity contribution in [3.05, 3.63) is 41.0 Å². The van der Waals surface area contributed by atoms with Crippen molar-refractivity contribution in [3.8, 4) is 18.1 Å². The lowest BCUT2D eigenvalue weighted by Crippen LogP contribution is -2.34. The second-order valence-corrected chi connectivity index (χ2v) is 12.3. The Labute approximate surface area is 247 Å². The van der Waals surface area contributed by atoms with Crippen LogP contribution >= 0.6 is 0 Å². The van der Waals surface area contributed by atoms with Crippen molar-refractivity contribution in [1.29, 1.82) is 0 Å². The molecule has 2 saturated carbocycles. The Morgan fingerprint density at radius 3 is 2.36 bits per heavy atom. The number of hydrogen-bond acceptors (Lipinski definition) is 4. The van der Waals surface area contributed by atoms with Gasteiger partial charge in [0.1, 0.15) is 5.83 Å². The number of carbonyl (C=O) groups is 1. The first-order valence-corrected chi connectivity index (χ1v) is 15.7. The van der Waals surface area contributed by atoms with Crippen molar-refractivity contribution >= 4 is 5.97 Å². The molecule has 0 aliphatic heterocycles. The minimum absolute atomic E-state index is 0.0343. The summed E-state index contributed by atoms with van der Waals surface area (Å²) in [6.45, 7) is 2.23. The van der Waals surface area contributed by atoms with E-state index in [1.807, 2.05) is 6.92 Å². The van der Waals surface area contributed by atoms with Crippen molar-refractivity contribution < 1.29 is 36.9 Å². The molecule has 1 aromatic carbocycles. The summed E-state index contributed by atoms with van der Waals surface area (Å²) in [6, 6.07) is 2.95. The molecule has 0 radical (unpaired) electrons. The fraction of sp³-hybridized carbons (Fsp3) is 0.676. The van der Waals surface area contributed by atoms with Gasteiger partial charge in [0.25, 0.3) is 0 Å². The van der Waals surface area contributed by atoms with Gasteiger partial charge in [-0.2, -0.15) is 4.39 Å². The lowest BCUT2D eigenvalue weighted by molar-refractivity contribution is -0.155. The number of aliphatic hydroxyl groups is 1.